The number of hydrogen-bond donors (Lipinski definition) is 1. The lowest BCUT2D eigenvalue weighted by Crippen LogP contribution is -2.29. The summed E-state index contributed by atoms with van der Waals surface area (Å²) in [6, 6.07) is 18.7. The van der Waals surface area contributed by atoms with Crippen molar-refractivity contribution >= 4 is 11.6 Å². The Labute approximate surface area is 146 Å². The fourth-order valence-electron chi connectivity index (χ4n) is 2.76. The summed E-state index contributed by atoms with van der Waals surface area (Å²) in [5.74, 6) is -0.394. The third-order valence-electron chi connectivity index (χ3n) is 3.98. The minimum atomic E-state index is -0.394. The molecule has 0 aliphatic carbocycles. The Morgan fingerprint density at radius 2 is 1.68 bits per heavy atom. The Hall–Kier alpha value is -3.14. The van der Waals surface area contributed by atoms with Crippen molar-refractivity contribution in [3.63, 3.8) is 0 Å². The second kappa shape index (κ2) is 7.18. The first-order valence-electron chi connectivity index (χ1n) is 8.16. The maximum Gasteiger partial charge on any atom is 0.263 e. The average molecular weight is 332 g/mol. The van der Waals surface area contributed by atoms with Gasteiger partial charge < -0.3 is 9.88 Å². The lowest BCUT2D eigenvalue weighted by atomic mass is 10.1. The molecule has 2 aromatic carbocycles. The van der Waals surface area contributed by atoms with E-state index in [1.807, 2.05) is 56.3 Å². The fraction of sp³-hybridized carbons (Fsp3) is 0.143. The first-order chi connectivity index (χ1) is 12.0. The largest absolute Gasteiger partial charge is 0.322 e. The van der Waals surface area contributed by atoms with Crippen molar-refractivity contribution in [2.24, 2.45) is 0 Å². The number of carbonyl (C=O) groups is 1. The number of pyridine rings is 1. The van der Waals surface area contributed by atoms with Crippen LogP contribution in [0.2, 0.25) is 0 Å². The second-order valence-electron chi connectivity index (χ2n) is 6.17. The molecule has 126 valence electrons. The molecular formula is C21H20N2O2. The molecule has 4 nitrogen and oxygen atoms in total. The van der Waals surface area contributed by atoms with E-state index in [0.717, 1.165) is 16.7 Å². The number of amides is 1. The predicted molar refractivity (Wildman–Crippen MR) is 100 cm³/mol. The zero-order valence-corrected chi connectivity index (χ0v) is 14.3. The van der Waals surface area contributed by atoms with Gasteiger partial charge in [-0.25, -0.2) is 0 Å². The van der Waals surface area contributed by atoms with E-state index in [0.29, 0.717) is 12.2 Å². The van der Waals surface area contributed by atoms with Crippen molar-refractivity contribution in [2.75, 3.05) is 5.32 Å². The number of rotatable bonds is 4. The van der Waals surface area contributed by atoms with E-state index in [4.69, 9.17) is 0 Å². The highest BCUT2D eigenvalue weighted by Gasteiger charge is 2.12. The molecule has 1 amide bonds. The first kappa shape index (κ1) is 16.7. The van der Waals surface area contributed by atoms with Crippen LogP contribution in [0.1, 0.15) is 27.0 Å². The Kier molecular flexibility index (Phi) is 4.80. The Bertz CT molecular complexity index is 973. The number of aryl methyl sites for hydroxylation is 2. The molecule has 1 N–H and O–H groups in total. The molecule has 0 atom stereocenters. The van der Waals surface area contributed by atoms with Gasteiger partial charge in [-0.15, -0.1) is 0 Å². The topological polar surface area (TPSA) is 51.1 Å². The van der Waals surface area contributed by atoms with Gasteiger partial charge in [-0.05, 0) is 49.2 Å². The third kappa shape index (κ3) is 4.04. The van der Waals surface area contributed by atoms with Crippen LogP contribution in [0, 0.1) is 13.8 Å². The molecule has 0 unspecified atom stereocenters. The summed E-state index contributed by atoms with van der Waals surface area (Å²) in [5, 5.41) is 2.79. The molecule has 3 rings (SSSR count). The SMILES string of the molecule is Cc1cccc(Cn2cccc(C(=O)Nc3cccc(C)c3)c2=O)c1. The normalized spacial score (nSPS) is 10.5. The number of hydrogen-bond acceptors (Lipinski definition) is 2. The molecule has 4 heteroatoms. The van der Waals surface area contributed by atoms with Crippen LogP contribution in [0.25, 0.3) is 0 Å². The Morgan fingerprint density at radius 1 is 0.960 bits per heavy atom. The molecule has 1 aromatic heterocycles. The van der Waals surface area contributed by atoms with E-state index < -0.39 is 5.91 Å². The number of anilines is 1. The molecule has 0 fully saturated rings. The highest BCUT2D eigenvalue weighted by Crippen LogP contribution is 2.11. The van der Waals surface area contributed by atoms with Gasteiger partial charge >= 0.3 is 0 Å². The summed E-state index contributed by atoms with van der Waals surface area (Å²) in [6.45, 7) is 4.40. The van der Waals surface area contributed by atoms with Gasteiger partial charge in [0.1, 0.15) is 5.56 Å². The van der Waals surface area contributed by atoms with Crippen LogP contribution in [0.4, 0.5) is 5.69 Å². The highest BCUT2D eigenvalue weighted by atomic mass is 16.2. The molecule has 1 heterocycles. The molecular weight excluding hydrogens is 312 g/mol. The first-order valence-corrected chi connectivity index (χ1v) is 8.16. The summed E-state index contributed by atoms with van der Waals surface area (Å²) in [4.78, 5) is 25.1. The van der Waals surface area contributed by atoms with Crippen molar-refractivity contribution in [2.45, 2.75) is 20.4 Å². The molecule has 0 saturated carbocycles. The van der Waals surface area contributed by atoms with Crippen molar-refractivity contribution in [3.8, 4) is 0 Å². The quantitative estimate of drug-likeness (QED) is 0.791. The number of carbonyl (C=O) groups excluding carboxylic acids is 1. The predicted octanol–water partition coefficient (Wildman–Crippen LogP) is 3.77. The molecule has 0 saturated heterocycles. The minimum Gasteiger partial charge on any atom is -0.322 e. The zero-order chi connectivity index (χ0) is 17.8. The number of nitrogens with one attached hydrogen (secondary N) is 1. The van der Waals surface area contributed by atoms with Gasteiger partial charge in [0, 0.05) is 11.9 Å². The maximum absolute atomic E-state index is 12.7. The zero-order valence-electron chi connectivity index (χ0n) is 14.3. The van der Waals surface area contributed by atoms with Gasteiger partial charge in [0.25, 0.3) is 11.5 Å². The van der Waals surface area contributed by atoms with E-state index >= 15 is 0 Å². The van der Waals surface area contributed by atoms with Crippen LogP contribution in [0.5, 0.6) is 0 Å². The van der Waals surface area contributed by atoms with Crippen molar-refractivity contribution in [1.29, 1.82) is 0 Å². The summed E-state index contributed by atoms with van der Waals surface area (Å²) in [6.07, 6.45) is 1.70. The summed E-state index contributed by atoms with van der Waals surface area (Å²) < 4.78 is 1.56. The fourth-order valence-corrected chi connectivity index (χ4v) is 2.76. The molecule has 0 aliphatic rings. The van der Waals surface area contributed by atoms with Crippen LogP contribution >= 0.6 is 0 Å². The molecule has 0 aliphatic heterocycles. The van der Waals surface area contributed by atoms with Gasteiger partial charge in [0.15, 0.2) is 0 Å². The summed E-state index contributed by atoms with van der Waals surface area (Å²) >= 11 is 0. The number of nitrogens with zero attached hydrogens (tertiary/aromatic N) is 1. The van der Waals surface area contributed by atoms with Crippen LogP contribution in [-0.2, 0) is 6.54 Å². The van der Waals surface area contributed by atoms with Crippen LogP contribution < -0.4 is 10.9 Å². The highest BCUT2D eigenvalue weighted by molar-refractivity contribution is 6.04. The van der Waals surface area contributed by atoms with Crippen molar-refractivity contribution in [1.82, 2.24) is 4.57 Å². The van der Waals surface area contributed by atoms with E-state index in [1.54, 1.807) is 29.0 Å². The molecule has 3 aromatic rings. The molecule has 25 heavy (non-hydrogen) atoms. The third-order valence-corrected chi connectivity index (χ3v) is 3.98. The lowest BCUT2D eigenvalue weighted by molar-refractivity contribution is 0.102. The molecule has 0 spiro atoms. The van der Waals surface area contributed by atoms with E-state index in [1.165, 1.54) is 0 Å². The average Bonchev–Trinajstić information content (AvgIpc) is 2.57. The van der Waals surface area contributed by atoms with Crippen molar-refractivity contribution in [3.05, 3.63) is 99.5 Å². The standard InChI is InChI=1S/C21H20N2O2/c1-15-6-3-8-17(12-15)14-23-11-5-10-19(21(23)25)20(24)22-18-9-4-7-16(2)13-18/h3-13H,14H2,1-2H3,(H,22,24). The Balaban J connectivity index is 1.85. The summed E-state index contributed by atoms with van der Waals surface area (Å²) in [7, 11) is 0. The smallest absolute Gasteiger partial charge is 0.263 e. The number of benzene rings is 2. The van der Waals surface area contributed by atoms with E-state index in [2.05, 4.69) is 5.32 Å². The van der Waals surface area contributed by atoms with Crippen LogP contribution in [-0.4, -0.2) is 10.5 Å². The van der Waals surface area contributed by atoms with Crippen LogP contribution in [0.15, 0.2) is 71.7 Å². The van der Waals surface area contributed by atoms with Gasteiger partial charge in [-0.3, -0.25) is 9.59 Å². The Morgan fingerprint density at radius 3 is 2.40 bits per heavy atom. The van der Waals surface area contributed by atoms with Gasteiger partial charge in [-0.1, -0.05) is 42.0 Å². The second-order valence-corrected chi connectivity index (χ2v) is 6.17. The maximum atomic E-state index is 12.7. The van der Waals surface area contributed by atoms with Gasteiger partial charge in [0.05, 0.1) is 6.54 Å². The monoisotopic (exact) mass is 332 g/mol. The van der Waals surface area contributed by atoms with E-state index in [-0.39, 0.29) is 11.1 Å². The van der Waals surface area contributed by atoms with Gasteiger partial charge in [-0.2, -0.15) is 0 Å². The summed E-state index contributed by atoms with van der Waals surface area (Å²) in [5.41, 5.74) is 3.73. The molecule has 0 radical (unpaired) electrons. The van der Waals surface area contributed by atoms with Gasteiger partial charge in [0.2, 0.25) is 0 Å². The van der Waals surface area contributed by atoms with E-state index in [9.17, 15) is 9.59 Å². The van der Waals surface area contributed by atoms with Crippen LogP contribution in [0.3, 0.4) is 0 Å². The minimum absolute atomic E-state index is 0.136. The van der Waals surface area contributed by atoms with Crippen molar-refractivity contribution < 1.29 is 4.79 Å². The lowest BCUT2D eigenvalue weighted by Gasteiger charge is -2.10. The molecule has 0 bridgehead atoms. The number of aromatic nitrogens is 1.